The van der Waals surface area contributed by atoms with E-state index < -0.39 is 0 Å². The Balaban J connectivity index is 2.08. The normalized spacial score (nSPS) is 10.9. The first kappa shape index (κ1) is 16.4. The van der Waals surface area contributed by atoms with Gasteiger partial charge in [0.25, 0.3) is 0 Å². The van der Waals surface area contributed by atoms with E-state index in [1.807, 2.05) is 36.4 Å². The fourth-order valence-corrected chi connectivity index (χ4v) is 2.87. The van der Waals surface area contributed by atoms with Gasteiger partial charge in [0.15, 0.2) is 0 Å². The molecule has 2 rings (SSSR count). The van der Waals surface area contributed by atoms with E-state index in [-0.39, 0.29) is 0 Å². The van der Waals surface area contributed by atoms with Crippen LogP contribution in [0, 0.1) is 0 Å². The molecule has 0 unspecified atom stereocenters. The lowest BCUT2D eigenvalue weighted by Crippen LogP contribution is -2.18. The van der Waals surface area contributed by atoms with Gasteiger partial charge >= 0.3 is 0 Å². The van der Waals surface area contributed by atoms with E-state index in [9.17, 15) is 0 Å². The van der Waals surface area contributed by atoms with Crippen LogP contribution in [0.25, 0.3) is 0 Å². The van der Waals surface area contributed by atoms with Crippen molar-refractivity contribution in [2.24, 2.45) is 5.73 Å². The van der Waals surface area contributed by atoms with Crippen molar-refractivity contribution < 1.29 is 0 Å². The summed E-state index contributed by atoms with van der Waals surface area (Å²) in [7, 11) is 2.07. The molecule has 0 atom stereocenters. The Morgan fingerprint density at radius 3 is 2.48 bits per heavy atom. The van der Waals surface area contributed by atoms with Gasteiger partial charge < -0.3 is 5.73 Å². The van der Waals surface area contributed by atoms with Crippen LogP contribution in [0.2, 0.25) is 5.02 Å². The van der Waals surface area contributed by atoms with Gasteiger partial charge in [0.2, 0.25) is 0 Å². The zero-order valence-electron chi connectivity index (χ0n) is 11.6. The summed E-state index contributed by atoms with van der Waals surface area (Å²) in [4.78, 5) is 2.58. The molecule has 0 aliphatic carbocycles. The maximum Gasteiger partial charge on any atom is 0.104 e. The minimum atomic E-state index is 0.366. The highest BCUT2D eigenvalue weighted by Crippen LogP contribution is 2.22. The second kappa shape index (κ2) is 7.36. The summed E-state index contributed by atoms with van der Waals surface area (Å²) in [6.07, 6.45) is 0. The number of nitrogens with zero attached hydrogens (tertiary/aromatic N) is 1. The second-order valence-electron chi connectivity index (χ2n) is 4.93. The van der Waals surface area contributed by atoms with Crippen LogP contribution in [0.4, 0.5) is 0 Å². The lowest BCUT2D eigenvalue weighted by atomic mass is 10.1. The molecule has 0 spiro atoms. The molecule has 2 aromatic rings. The molecule has 0 aliphatic heterocycles. The van der Waals surface area contributed by atoms with Gasteiger partial charge in [-0.25, -0.2) is 0 Å². The molecule has 0 amide bonds. The predicted molar refractivity (Wildman–Crippen MR) is 96.7 cm³/mol. The molecule has 2 aromatic carbocycles. The van der Waals surface area contributed by atoms with Crippen LogP contribution in [0.15, 0.2) is 46.9 Å². The zero-order chi connectivity index (χ0) is 15.4. The molecule has 0 radical (unpaired) electrons. The largest absolute Gasteiger partial charge is 0.389 e. The summed E-state index contributed by atoms with van der Waals surface area (Å²) in [5.41, 5.74) is 8.72. The third-order valence-corrected chi connectivity index (χ3v) is 4.54. The first-order chi connectivity index (χ1) is 9.97. The molecule has 0 heterocycles. The highest BCUT2D eigenvalue weighted by Gasteiger charge is 2.08. The van der Waals surface area contributed by atoms with Gasteiger partial charge in [-0.15, -0.1) is 0 Å². The van der Waals surface area contributed by atoms with Gasteiger partial charge in [-0.05, 0) is 30.3 Å². The zero-order valence-corrected chi connectivity index (χ0v) is 14.8. The van der Waals surface area contributed by atoms with E-state index >= 15 is 0 Å². The molecule has 0 fully saturated rings. The Labute approximate surface area is 144 Å². The summed E-state index contributed by atoms with van der Waals surface area (Å²) < 4.78 is 1.12. The molecule has 110 valence electrons. The van der Waals surface area contributed by atoms with Gasteiger partial charge in [-0.3, -0.25) is 4.90 Å². The molecule has 0 aliphatic rings. The van der Waals surface area contributed by atoms with E-state index in [2.05, 4.69) is 33.9 Å². The van der Waals surface area contributed by atoms with Crippen molar-refractivity contribution in [2.45, 2.75) is 13.1 Å². The topological polar surface area (TPSA) is 29.3 Å². The van der Waals surface area contributed by atoms with Gasteiger partial charge in [0, 0.05) is 28.1 Å². The van der Waals surface area contributed by atoms with Crippen LogP contribution in [-0.4, -0.2) is 16.9 Å². The van der Waals surface area contributed by atoms with Crippen molar-refractivity contribution in [3.05, 3.63) is 68.7 Å². The fourth-order valence-electron chi connectivity index (χ4n) is 2.09. The number of benzene rings is 2. The van der Waals surface area contributed by atoms with Crippen molar-refractivity contribution in [1.82, 2.24) is 4.90 Å². The van der Waals surface area contributed by atoms with Gasteiger partial charge in [-0.1, -0.05) is 70.1 Å². The van der Waals surface area contributed by atoms with E-state index in [0.717, 1.165) is 28.7 Å². The summed E-state index contributed by atoms with van der Waals surface area (Å²) in [5, 5.41) is 0.694. The number of hydrogen-bond donors (Lipinski definition) is 1. The van der Waals surface area contributed by atoms with Crippen molar-refractivity contribution in [3.63, 3.8) is 0 Å². The third kappa shape index (κ3) is 4.51. The highest BCUT2D eigenvalue weighted by atomic mass is 79.9. The van der Waals surface area contributed by atoms with E-state index in [0.29, 0.717) is 10.0 Å². The van der Waals surface area contributed by atoms with Crippen LogP contribution < -0.4 is 5.73 Å². The minimum Gasteiger partial charge on any atom is -0.389 e. The predicted octanol–water partition coefficient (Wildman–Crippen LogP) is 4.37. The average Bonchev–Trinajstić information content (AvgIpc) is 2.43. The second-order valence-corrected chi connectivity index (χ2v) is 6.64. The lowest BCUT2D eigenvalue weighted by molar-refractivity contribution is 0.318. The van der Waals surface area contributed by atoms with Gasteiger partial charge in [0.1, 0.15) is 4.99 Å². The van der Waals surface area contributed by atoms with Crippen molar-refractivity contribution in [1.29, 1.82) is 0 Å². The highest BCUT2D eigenvalue weighted by molar-refractivity contribution is 9.10. The molecule has 0 aromatic heterocycles. The number of halogens is 2. The number of rotatable bonds is 5. The molecule has 2 nitrogen and oxygen atoms in total. The molecule has 0 saturated carbocycles. The Morgan fingerprint density at radius 1 is 1.19 bits per heavy atom. The first-order valence-electron chi connectivity index (χ1n) is 6.47. The molecule has 5 heteroatoms. The van der Waals surface area contributed by atoms with Crippen molar-refractivity contribution >= 4 is 44.7 Å². The fraction of sp³-hybridized carbons (Fsp3) is 0.188. The Kier molecular flexibility index (Phi) is 5.76. The molecule has 0 saturated heterocycles. The molecular weight excluding hydrogens is 368 g/mol. The van der Waals surface area contributed by atoms with Gasteiger partial charge in [-0.2, -0.15) is 0 Å². The van der Waals surface area contributed by atoms with Crippen LogP contribution in [0.5, 0.6) is 0 Å². The summed E-state index contributed by atoms with van der Waals surface area (Å²) in [5.74, 6) is 0. The quantitative estimate of drug-likeness (QED) is 0.777. The number of nitrogens with two attached hydrogens (primary N) is 1. The molecule has 21 heavy (non-hydrogen) atoms. The molecular formula is C16H16BrClN2S. The van der Waals surface area contributed by atoms with Crippen LogP contribution in [0.1, 0.15) is 16.7 Å². The maximum atomic E-state index is 6.30. The average molecular weight is 384 g/mol. The summed E-state index contributed by atoms with van der Waals surface area (Å²) >= 11 is 14.8. The smallest absolute Gasteiger partial charge is 0.104 e. The Morgan fingerprint density at radius 2 is 1.86 bits per heavy atom. The van der Waals surface area contributed by atoms with Crippen LogP contribution >= 0.6 is 39.7 Å². The third-order valence-electron chi connectivity index (χ3n) is 3.18. The summed E-state index contributed by atoms with van der Waals surface area (Å²) in [6, 6.07) is 13.9. The first-order valence-corrected chi connectivity index (χ1v) is 8.05. The van der Waals surface area contributed by atoms with E-state index in [1.54, 1.807) is 0 Å². The summed E-state index contributed by atoms with van der Waals surface area (Å²) in [6.45, 7) is 1.60. The van der Waals surface area contributed by atoms with Gasteiger partial charge in [0.05, 0.1) is 0 Å². The number of thiocarbonyl (C=S) groups is 1. The lowest BCUT2D eigenvalue weighted by Gasteiger charge is -2.18. The monoisotopic (exact) mass is 382 g/mol. The maximum absolute atomic E-state index is 6.30. The molecule has 0 bridgehead atoms. The van der Waals surface area contributed by atoms with E-state index in [1.165, 1.54) is 5.56 Å². The minimum absolute atomic E-state index is 0.366. The SMILES string of the molecule is CN(Cc1ccc(C(N)=S)cc1Cl)Cc1ccccc1Br. The van der Waals surface area contributed by atoms with E-state index in [4.69, 9.17) is 29.6 Å². The van der Waals surface area contributed by atoms with Crippen LogP contribution in [-0.2, 0) is 13.1 Å². The number of hydrogen-bond acceptors (Lipinski definition) is 2. The van der Waals surface area contributed by atoms with Crippen molar-refractivity contribution in [2.75, 3.05) is 7.05 Å². The van der Waals surface area contributed by atoms with Crippen LogP contribution in [0.3, 0.4) is 0 Å². The van der Waals surface area contributed by atoms with Crippen molar-refractivity contribution in [3.8, 4) is 0 Å². The standard InChI is InChI=1S/C16H16BrClN2S/c1-20(9-12-4-2-3-5-14(12)17)10-13-7-6-11(16(19)21)8-15(13)18/h2-8H,9-10H2,1H3,(H2,19,21). The Bertz CT molecular complexity index is 660. The molecule has 2 N–H and O–H groups in total. The Hall–Kier alpha value is -0.940.